The van der Waals surface area contributed by atoms with Crippen molar-refractivity contribution >= 4 is 21.8 Å². The number of hydrazine groups is 1. The lowest BCUT2D eigenvalue weighted by atomic mass is 10.2. The summed E-state index contributed by atoms with van der Waals surface area (Å²) in [6.07, 6.45) is -1.15. The highest BCUT2D eigenvalue weighted by Gasteiger charge is 2.27. The highest BCUT2D eigenvalue weighted by molar-refractivity contribution is 7.89. The van der Waals surface area contributed by atoms with Gasteiger partial charge in [0, 0.05) is 19.0 Å². The van der Waals surface area contributed by atoms with Crippen molar-refractivity contribution in [3.63, 3.8) is 0 Å². The summed E-state index contributed by atoms with van der Waals surface area (Å²) in [5.74, 6) is 0.408. The molecule has 0 spiro atoms. The van der Waals surface area contributed by atoms with Crippen molar-refractivity contribution in [3.8, 4) is 23.0 Å². The van der Waals surface area contributed by atoms with E-state index in [1.807, 2.05) is 0 Å². The molecule has 11 nitrogen and oxygen atoms in total. The second-order valence-electron chi connectivity index (χ2n) is 6.57. The van der Waals surface area contributed by atoms with E-state index in [0.717, 1.165) is 0 Å². The molecule has 32 heavy (non-hydrogen) atoms. The minimum Gasteiger partial charge on any atom is -0.493 e. The molecule has 3 rings (SSSR count). The standard InChI is InChI=1S/C20H23N3O8S/c1-28-14-8-7-13(11-17(14)29-2)32(26,27)21-10-9-19(24)22-23-20(25)18-12-30-15-5-3-4-6-16(15)31-18/h3-8,11,18,21H,9-10,12H2,1-2H3,(H,22,24)(H,23,25). The molecule has 172 valence electrons. The predicted molar refractivity (Wildman–Crippen MR) is 112 cm³/mol. The van der Waals surface area contributed by atoms with E-state index in [4.69, 9.17) is 18.9 Å². The molecule has 2 aromatic carbocycles. The van der Waals surface area contributed by atoms with Crippen molar-refractivity contribution in [2.75, 3.05) is 27.4 Å². The third-order valence-electron chi connectivity index (χ3n) is 4.44. The third kappa shape index (κ3) is 5.59. The second kappa shape index (κ2) is 10.2. The van der Waals surface area contributed by atoms with Crippen LogP contribution in [0, 0.1) is 0 Å². The van der Waals surface area contributed by atoms with E-state index in [1.165, 1.54) is 32.4 Å². The summed E-state index contributed by atoms with van der Waals surface area (Å²) in [6, 6.07) is 11.0. The molecule has 0 saturated carbocycles. The molecule has 0 fully saturated rings. The van der Waals surface area contributed by atoms with Crippen LogP contribution in [0.2, 0.25) is 0 Å². The average Bonchev–Trinajstić information content (AvgIpc) is 2.81. The van der Waals surface area contributed by atoms with E-state index >= 15 is 0 Å². The minimum atomic E-state index is -3.88. The molecule has 2 amide bonds. The van der Waals surface area contributed by atoms with Crippen LogP contribution in [0.1, 0.15) is 6.42 Å². The summed E-state index contributed by atoms with van der Waals surface area (Å²) in [5, 5.41) is 0. The van der Waals surface area contributed by atoms with Crippen LogP contribution in [0.3, 0.4) is 0 Å². The Bertz CT molecular complexity index is 1090. The van der Waals surface area contributed by atoms with Gasteiger partial charge in [0.2, 0.25) is 22.0 Å². The molecule has 1 heterocycles. The number of sulfonamides is 1. The molecule has 0 radical (unpaired) electrons. The molecular weight excluding hydrogens is 442 g/mol. The van der Waals surface area contributed by atoms with Crippen LogP contribution in [0.15, 0.2) is 47.4 Å². The first-order valence-corrected chi connectivity index (χ1v) is 11.0. The smallest absolute Gasteiger partial charge is 0.283 e. The topological polar surface area (TPSA) is 141 Å². The molecule has 0 aromatic heterocycles. The molecule has 12 heteroatoms. The first kappa shape index (κ1) is 23.2. The van der Waals surface area contributed by atoms with Crippen LogP contribution in [0.25, 0.3) is 0 Å². The van der Waals surface area contributed by atoms with Gasteiger partial charge in [0.25, 0.3) is 5.91 Å². The van der Waals surface area contributed by atoms with Crippen molar-refractivity contribution in [1.82, 2.24) is 15.6 Å². The van der Waals surface area contributed by atoms with Gasteiger partial charge in [-0.1, -0.05) is 12.1 Å². The number of carbonyl (C=O) groups excluding carboxylic acids is 2. The van der Waals surface area contributed by atoms with Crippen LogP contribution in [0.5, 0.6) is 23.0 Å². The maximum Gasteiger partial charge on any atom is 0.283 e. The number of nitrogens with one attached hydrogen (secondary N) is 3. The average molecular weight is 465 g/mol. The van der Waals surface area contributed by atoms with Crippen molar-refractivity contribution in [3.05, 3.63) is 42.5 Å². The van der Waals surface area contributed by atoms with Gasteiger partial charge in [-0.2, -0.15) is 0 Å². The number of amides is 2. The summed E-state index contributed by atoms with van der Waals surface area (Å²) < 4.78 is 48.3. The lowest BCUT2D eigenvalue weighted by molar-refractivity contribution is -0.135. The van der Waals surface area contributed by atoms with Gasteiger partial charge >= 0.3 is 0 Å². The summed E-state index contributed by atoms with van der Waals surface area (Å²) >= 11 is 0. The number of ether oxygens (including phenoxy) is 4. The number of hydrogen-bond acceptors (Lipinski definition) is 8. The van der Waals surface area contributed by atoms with Crippen molar-refractivity contribution in [2.24, 2.45) is 0 Å². The van der Waals surface area contributed by atoms with Gasteiger partial charge in [-0.05, 0) is 24.3 Å². The lowest BCUT2D eigenvalue weighted by Gasteiger charge is -2.25. The van der Waals surface area contributed by atoms with Crippen molar-refractivity contribution < 1.29 is 37.0 Å². The van der Waals surface area contributed by atoms with E-state index < -0.39 is 27.9 Å². The Kier molecular flexibility index (Phi) is 7.38. The molecule has 1 unspecified atom stereocenters. The van der Waals surface area contributed by atoms with Crippen LogP contribution in [-0.2, 0) is 19.6 Å². The molecule has 1 atom stereocenters. The Balaban J connectivity index is 1.44. The van der Waals surface area contributed by atoms with Gasteiger partial charge in [-0.25, -0.2) is 13.1 Å². The number of benzene rings is 2. The molecule has 2 aromatic rings. The number of rotatable bonds is 8. The normalized spacial score (nSPS) is 14.9. The van der Waals surface area contributed by atoms with Gasteiger partial charge in [-0.15, -0.1) is 0 Å². The lowest BCUT2D eigenvalue weighted by Crippen LogP contribution is -2.51. The molecular formula is C20H23N3O8S. The Labute approximate surface area is 185 Å². The maximum absolute atomic E-state index is 12.4. The zero-order valence-corrected chi connectivity index (χ0v) is 18.2. The monoisotopic (exact) mass is 465 g/mol. The Hall–Kier alpha value is -3.51. The second-order valence-corrected chi connectivity index (χ2v) is 8.33. The zero-order valence-electron chi connectivity index (χ0n) is 17.4. The Morgan fingerprint density at radius 2 is 1.75 bits per heavy atom. The highest BCUT2D eigenvalue weighted by Crippen LogP contribution is 2.31. The first-order valence-electron chi connectivity index (χ1n) is 9.53. The van der Waals surface area contributed by atoms with Gasteiger partial charge < -0.3 is 18.9 Å². The molecule has 0 aliphatic carbocycles. The van der Waals surface area contributed by atoms with E-state index in [-0.39, 0.29) is 30.2 Å². The van der Waals surface area contributed by atoms with Crippen LogP contribution in [-0.4, -0.2) is 53.7 Å². The summed E-state index contributed by atoms with van der Waals surface area (Å²) in [7, 11) is -1.05. The molecule has 1 aliphatic rings. The van der Waals surface area contributed by atoms with Gasteiger partial charge in [0.1, 0.15) is 6.61 Å². The third-order valence-corrected chi connectivity index (χ3v) is 5.89. The van der Waals surface area contributed by atoms with Crippen molar-refractivity contribution in [1.29, 1.82) is 0 Å². The Morgan fingerprint density at radius 3 is 2.47 bits per heavy atom. The van der Waals surface area contributed by atoms with E-state index in [1.54, 1.807) is 24.3 Å². The van der Waals surface area contributed by atoms with Crippen LogP contribution >= 0.6 is 0 Å². The summed E-state index contributed by atoms with van der Waals surface area (Å²) in [6.45, 7) is -0.196. The van der Waals surface area contributed by atoms with Gasteiger partial charge in [0.05, 0.1) is 19.1 Å². The summed E-state index contributed by atoms with van der Waals surface area (Å²) in [4.78, 5) is 24.1. The largest absolute Gasteiger partial charge is 0.493 e. The number of hydrogen-bond donors (Lipinski definition) is 3. The fourth-order valence-corrected chi connectivity index (χ4v) is 3.84. The fraction of sp³-hybridized carbons (Fsp3) is 0.300. The fourth-order valence-electron chi connectivity index (χ4n) is 2.79. The van der Waals surface area contributed by atoms with Crippen LogP contribution < -0.4 is 34.5 Å². The highest BCUT2D eigenvalue weighted by atomic mass is 32.2. The number of methoxy groups -OCH3 is 2. The van der Waals surface area contributed by atoms with Crippen molar-refractivity contribution in [2.45, 2.75) is 17.4 Å². The number of fused-ring (bicyclic) bond motifs is 1. The van der Waals surface area contributed by atoms with Gasteiger partial charge in [-0.3, -0.25) is 20.4 Å². The quantitative estimate of drug-likeness (QED) is 0.475. The molecule has 0 saturated heterocycles. The number of carbonyl (C=O) groups is 2. The van der Waals surface area contributed by atoms with Gasteiger partial charge in [0.15, 0.2) is 23.0 Å². The van der Waals surface area contributed by atoms with Crippen LogP contribution in [0.4, 0.5) is 0 Å². The Morgan fingerprint density at radius 1 is 1.03 bits per heavy atom. The van der Waals surface area contributed by atoms with E-state index in [0.29, 0.717) is 17.2 Å². The maximum atomic E-state index is 12.4. The molecule has 1 aliphatic heterocycles. The molecule has 3 N–H and O–H groups in total. The molecule has 0 bridgehead atoms. The van der Waals surface area contributed by atoms with E-state index in [2.05, 4.69) is 15.6 Å². The van der Waals surface area contributed by atoms with E-state index in [9.17, 15) is 18.0 Å². The summed E-state index contributed by atoms with van der Waals surface area (Å²) in [5.41, 5.74) is 4.46. The SMILES string of the molecule is COc1ccc(S(=O)(=O)NCCC(=O)NNC(=O)C2COc3ccccc3O2)cc1OC. The minimum absolute atomic E-state index is 0.0101. The first-order chi connectivity index (χ1) is 15.3. The number of para-hydroxylation sites is 2. The predicted octanol–water partition coefficient (Wildman–Crippen LogP) is 0.360. The zero-order chi connectivity index (χ0) is 23.1.